The molecule has 0 atom stereocenters. The zero-order valence-corrected chi connectivity index (χ0v) is 34.1. The summed E-state index contributed by atoms with van der Waals surface area (Å²) >= 11 is 0. The fourth-order valence-corrected chi connectivity index (χ4v) is 9.65. The van der Waals surface area contributed by atoms with Gasteiger partial charge in [0, 0.05) is 34.1 Å². The molecular formula is C57H47N3. The van der Waals surface area contributed by atoms with E-state index in [1.807, 2.05) is 48.5 Å². The van der Waals surface area contributed by atoms with Crippen molar-refractivity contribution < 1.29 is 0 Å². The van der Waals surface area contributed by atoms with E-state index in [1.54, 1.807) is 0 Å². The molecule has 0 amide bonds. The van der Waals surface area contributed by atoms with Gasteiger partial charge in [0.2, 0.25) is 0 Å². The van der Waals surface area contributed by atoms with Gasteiger partial charge >= 0.3 is 0 Å². The number of benzene rings is 9. The molecule has 0 saturated carbocycles. The average Bonchev–Trinajstić information content (AvgIpc) is 3.77. The first-order chi connectivity index (χ1) is 29.4. The highest BCUT2D eigenvalue weighted by atomic mass is 15.0. The van der Waals surface area contributed by atoms with Crippen molar-refractivity contribution in [3.63, 3.8) is 0 Å². The molecule has 1 aliphatic rings. The van der Waals surface area contributed by atoms with Gasteiger partial charge in [0.15, 0.2) is 0 Å². The molecule has 0 aliphatic heterocycles. The molecule has 11 rings (SSSR count). The maximum atomic E-state index is 6.01. The van der Waals surface area contributed by atoms with Crippen LogP contribution >= 0.6 is 0 Å². The highest BCUT2D eigenvalue weighted by Gasteiger charge is 2.41. The Hall–Kier alpha value is -7.20. The Morgan fingerprint density at radius 3 is 1.83 bits per heavy atom. The second-order valence-electron chi connectivity index (χ2n) is 16.4. The van der Waals surface area contributed by atoms with Crippen molar-refractivity contribution in [3.8, 4) is 27.9 Å². The molecule has 3 heteroatoms. The van der Waals surface area contributed by atoms with Gasteiger partial charge in [-0.2, -0.15) is 0 Å². The Morgan fingerprint density at radius 2 is 1.10 bits per heavy atom. The van der Waals surface area contributed by atoms with Crippen molar-refractivity contribution >= 4 is 49.0 Å². The minimum Gasteiger partial charge on any atom is -0.398 e. The molecule has 0 saturated heterocycles. The lowest BCUT2D eigenvalue weighted by atomic mass is 9.78. The normalized spacial score (nSPS) is 13.0. The monoisotopic (exact) mass is 773 g/mol. The van der Waals surface area contributed by atoms with Crippen molar-refractivity contribution in [1.82, 2.24) is 4.57 Å². The zero-order valence-electron chi connectivity index (χ0n) is 34.1. The summed E-state index contributed by atoms with van der Waals surface area (Å²) in [7, 11) is 0. The smallest absolute Gasteiger partial charge is 0.0588 e. The molecule has 1 heterocycles. The van der Waals surface area contributed by atoms with Crippen LogP contribution in [-0.2, 0) is 18.4 Å². The van der Waals surface area contributed by atoms with Crippen LogP contribution in [0.1, 0.15) is 41.7 Å². The van der Waals surface area contributed by atoms with Crippen LogP contribution in [0.15, 0.2) is 200 Å². The van der Waals surface area contributed by atoms with Crippen LogP contribution in [0.3, 0.4) is 0 Å². The largest absolute Gasteiger partial charge is 0.398 e. The summed E-state index contributed by atoms with van der Waals surface area (Å²) in [5, 5.41) is 7.90. The van der Waals surface area contributed by atoms with E-state index >= 15 is 0 Å². The van der Waals surface area contributed by atoms with Gasteiger partial charge in [0.05, 0.1) is 11.0 Å². The van der Waals surface area contributed by atoms with Gasteiger partial charge in [-0.15, -0.1) is 0 Å². The van der Waals surface area contributed by atoms with E-state index in [0.29, 0.717) is 6.54 Å². The molecule has 60 heavy (non-hydrogen) atoms. The van der Waals surface area contributed by atoms with Crippen molar-refractivity contribution in [1.29, 1.82) is 0 Å². The summed E-state index contributed by atoms with van der Waals surface area (Å²) in [5.74, 6) is 0. The predicted molar refractivity (Wildman–Crippen MR) is 255 cm³/mol. The zero-order chi connectivity index (χ0) is 40.8. The third-order valence-electron chi connectivity index (χ3n) is 12.4. The predicted octanol–water partition coefficient (Wildman–Crippen LogP) is 13.8. The van der Waals surface area contributed by atoms with E-state index < -0.39 is 0 Å². The van der Waals surface area contributed by atoms with Gasteiger partial charge in [-0.25, -0.2) is 0 Å². The minimum absolute atomic E-state index is 0.215. The van der Waals surface area contributed by atoms with Crippen molar-refractivity contribution in [3.05, 3.63) is 228 Å². The topological polar surface area (TPSA) is 57.0 Å². The van der Waals surface area contributed by atoms with E-state index in [2.05, 4.69) is 170 Å². The van der Waals surface area contributed by atoms with Gasteiger partial charge in [-0.05, 0) is 102 Å². The first kappa shape index (κ1) is 37.1. The molecule has 0 bridgehead atoms. The van der Waals surface area contributed by atoms with Crippen molar-refractivity contribution in [2.24, 2.45) is 11.5 Å². The van der Waals surface area contributed by atoms with Crippen LogP contribution in [0.4, 0.5) is 0 Å². The Labute approximate surface area is 351 Å². The van der Waals surface area contributed by atoms with E-state index in [4.69, 9.17) is 11.5 Å². The number of para-hydroxylation sites is 1. The minimum atomic E-state index is -0.215. The number of aromatic nitrogens is 1. The van der Waals surface area contributed by atoms with Gasteiger partial charge in [0.1, 0.15) is 0 Å². The maximum Gasteiger partial charge on any atom is 0.0588 e. The van der Waals surface area contributed by atoms with Crippen LogP contribution in [0, 0.1) is 0 Å². The van der Waals surface area contributed by atoms with E-state index in [1.165, 1.54) is 88.0 Å². The maximum absolute atomic E-state index is 6.01. The lowest BCUT2D eigenvalue weighted by Gasteiger charge is -2.25. The average molecular weight is 774 g/mol. The quantitative estimate of drug-likeness (QED) is 0.165. The number of rotatable bonds is 6. The molecule has 0 radical (unpaired) electrons. The van der Waals surface area contributed by atoms with E-state index in [0.717, 1.165) is 23.2 Å². The summed E-state index contributed by atoms with van der Waals surface area (Å²) in [4.78, 5) is 0. The standard InChI is InChI=1S/C42H32N2.C15H15N/c1-42(2)39-34-19-6-4-16-31(34)30-15-3-5-18-33(30)38(39)36-22-21-35-32-17-7-8-20-37(32)44(41(35)40(36)42)29-14-10-13-28(24-29)27-12-9-11-26(23-27)25-43;16-15(14-9-5-2-6-10-14)12-11-13-7-3-1-4-8-13/h3-24H,25,43H2,1-2H3;1-10,12H,11,16H2/b;15-12-. The number of nitrogens with two attached hydrogens (primary N) is 2. The third kappa shape index (κ3) is 6.27. The highest BCUT2D eigenvalue weighted by Crippen LogP contribution is 2.57. The van der Waals surface area contributed by atoms with Crippen LogP contribution < -0.4 is 11.5 Å². The number of hydrogen-bond donors (Lipinski definition) is 2. The summed E-state index contributed by atoms with van der Waals surface area (Å²) in [6, 6.07) is 69.4. The van der Waals surface area contributed by atoms with Crippen molar-refractivity contribution in [2.75, 3.05) is 0 Å². The second-order valence-corrected chi connectivity index (χ2v) is 16.4. The van der Waals surface area contributed by atoms with Crippen LogP contribution in [0.2, 0.25) is 0 Å². The Balaban J connectivity index is 0.000000228. The molecule has 4 N–H and O–H groups in total. The van der Waals surface area contributed by atoms with Gasteiger partial charge < -0.3 is 16.0 Å². The molecule has 10 aromatic rings. The second kappa shape index (κ2) is 15.2. The van der Waals surface area contributed by atoms with E-state index in [9.17, 15) is 0 Å². The molecule has 0 unspecified atom stereocenters. The number of nitrogens with zero attached hydrogens (tertiary/aromatic N) is 1. The molecule has 9 aromatic carbocycles. The van der Waals surface area contributed by atoms with Gasteiger partial charge in [-0.3, -0.25) is 0 Å². The number of fused-ring (bicyclic) bond motifs is 12. The summed E-state index contributed by atoms with van der Waals surface area (Å²) < 4.78 is 2.51. The molecule has 3 nitrogen and oxygen atoms in total. The fraction of sp³-hybridized carbons (Fsp3) is 0.0877. The Kier molecular flexibility index (Phi) is 9.39. The van der Waals surface area contributed by atoms with Crippen LogP contribution in [-0.4, -0.2) is 4.57 Å². The highest BCUT2D eigenvalue weighted by molar-refractivity contribution is 6.21. The van der Waals surface area contributed by atoms with E-state index in [-0.39, 0.29) is 5.41 Å². The molecular weight excluding hydrogens is 727 g/mol. The molecule has 290 valence electrons. The number of hydrogen-bond acceptors (Lipinski definition) is 2. The van der Waals surface area contributed by atoms with Crippen LogP contribution in [0.25, 0.3) is 77.0 Å². The molecule has 0 spiro atoms. The lowest BCUT2D eigenvalue weighted by Crippen LogP contribution is -2.17. The first-order valence-corrected chi connectivity index (χ1v) is 20.9. The van der Waals surface area contributed by atoms with Gasteiger partial charge in [0.25, 0.3) is 0 Å². The molecule has 1 aromatic heterocycles. The summed E-state index contributed by atoms with van der Waals surface area (Å²) in [6.07, 6.45) is 2.94. The summed E-state index contributed by atoms with van der Waals surface area (Å²) in [5.41, 5.74) is 27.8. The van der Waals surface area contributed by atoms with Crippen molar-refractivity contribution in [2.45, 2.75) is 32.2 Å². The van der Waals surface area contributed by atoms with Crippen LogP contribution in [0.5, 0.6) is 0 Å². The fourth-order valence-electron chi connectivity index (χ4n) is 9.65. The molecule has 1 aliphatic carbocycles. The Bertz CT molecular complexity index is 3240. The first-order valence-electron chi connectivity index (χ1n) is 20.9. The lowest BCUT2D eigenvalue weighted by molar-refractivity contribution is 0.670. The summed E-state index contributed by atoms with van der Waals surface area (Å²) in [6.45, 7) is 5.38. The Morgan fingerprint density at radius 1 is 0.517 bits per heavy atom. The van der Waals surface area contributed by atoms with Gasteiger partial charge in [-0.1, -0.05) is 190 Å². The number of allylic oxidation sites excluding steroid dienone is 1. The molecule has 0 fully saturated rings. The third-order valence-corrected chi connectivity index (χ3v) is 12.4. The SMILES string of the molecule is CC1(C)c2c(c3ccccc3c3ccccc23)-c2ccc3c4ccccc4n(-c4cccc(-c5cccc(CN)c5)c4)c3c21.N/C(=C\Cc1ccccc1)c1ccccc1.